The zero-order chi connectivity index (χ0) is 18.9. The predicted octanol–water partition coefficient (Wildman–Crippen LogP) is 2.70. The second-order valence-electron chi connectivity index (χ2n) is 6.76. The maximum absolute atomic E-state index is 12.7. The van der Waals surface area contributed by atoms with Crippen LogP contribution in [-0.2, 0) is 9.84 Å². The van der Waals surface area contributed by atoms with E-state index in [0.717, 1.165) is 16.8 Å². The van der Waals surface area contributed by atoms with Gasteiger partial charge in [0.15, 0.2) is 15.5 Å². The van der Waals surface area contributed by atoms with Crippen LogP contribution in [0.1, 0.15) is 42.4 Å². The molecule has 2 aromatic rings. The molecular formula is C19H25N3O3S. The Kier molecular flexibility index (Phi) is 5.18. The molecule has 0 aliphatic carbocycles. The van der Waals surface area contributed by atoms with Crippen molar-refractivity contribution < 1.29 is 13.2 Å². The highest BCUT2D eigenvalue weighted by Crippen LogP contribution is 2.30. The average Bonchev–Trinajstić information content (AvgIpc) is 3.20. The van der Waals surface area contributed by atoms with Gasteiger partial charge in [-0.2, -0.15) is 5.10 Å². The van der Waals surface area contributed by atoms with Gasteiger partial charge in [0.25, 0.3) is 5.91 Å². The fourth-order valence-corrected chi connectivity index (χ4v) is 5.05. The third-order valence-electron chi connectivity index (χ3n) is 4.91. The molecule has 6 nitrogen and oxygen atoms in total. The van der Waals surface area contributed by atoms with Crippen LogP contribution in [0, 0.1) is 6.92 Å². The van der Waals surface area contributed by atoms with Crippen molar-refractivity contribution in [3.05, 3.63) is 41.6 Å². The van der Waals surface area contributed by atoms with Crippen molar-refractivity contribution in [2.24, 2.45) is 0 Å². The van der Waals surface area contributed by atoms with Crippen LogP contribution in [0.15, 0.2) is 30.3 Å². The first-order valence-electron chi connectivity index (χ1n) is 9.01. The van der Waals surface area contributed by atoms with E-state index in [0.29, 0.717) is 25.2 Å². The van der Waals surface area contributed by atoms with Crippen LogP contribution in [0.3, 0.4) is 0 Å². The lowest BCUT2D eigenvalue weighted by Gasteiger charge is -2.17. The fourth-order valence-electron chi connectivity index (χ4n) is 3.36. The van der Waals surface area contributed by atoms with E-state index in [4.69, 9.17) is 0 Å². The molecular weight excluding hydrogens is 350 g/mol. The quantitative estimate of drug-likeness (QED) is 0.805. The number of amides is 1. The highest BCUT2D eigenvalue weighted by atomic mass is 32.2. The van der Waals surface area contributed by atoms with E-state index in [9.17, 15) is 13.2 Å². The Bertz CT molecular complexity index is 897. The van der Waals surface area contributed by atoms with Crippen LogP contribution in [0.25, 0.3) is 11.3 Å². The molecule has 140 valence electrons. The number of aryl methyl sites for hydroxylation is 1. The Labute approximate surface area is 154 Å². The third kappa shape index (κ3) is 3.67. The Morgan fingerprint density at radius 1 is 1.23 bits per heavy atom. The van der Waals surface area contributed by atoms with Crippen molar-refractivity contribution in [3.63, 3.8) is 0 Å². The Morgan fingerprint density at radius 2 is 1.88 bits per heavy atom. The Balaban J connectivity index is 2.06. The molecule has 1 amide bonds. The SMILES string of the molecule is CCN(CC)C(=O)c1cc(-c2ccc(C)cc2)n([C@@H]2CCS(=O)(=O)C2)n1. The molecule has 0 spiro atoms. The van der Waals surface area contributed by atoms with Crippen LogP contribution in [0.4, 0.5) is 0 Å². The number of hydrogen-bond donors (Lipinski definition) is 0. The van der Waals surface area contributed by atoms with Crippen LogP contribution in [0.2, 0.25) is 0 Å². The smallest absolute Gasteiger partial charge is 0.274 e. The molecule has 0 radical (unpaired) electrons. The summed E-state index contributed by atoms with van der Waals surface area (Å²) in [6.45, 7) is 7.10. The lowest BCUT2D eigenvalue weighted by molar-refractivity contribution is 0.0766. The van der Waals surface area contributed by atoms with Crippen molar-refractivity contribution in [2.45, 2.75) is 33.2 Å². The monoisotopic (exact) mass is 375 g/mol. The molecule has 1 aromatic carbocycles. The van der Waals surface area contributed by atoms with Gasteiger partial charge in [0.05, 0.1) is 23.2 Å². The maximum atomic E-state index is 12.7. The van der Waals surface area contributed by atoms with Crippen LogP contribution < -0.4 is 0 Å². The van der Waals surface area contributed by atoms with Crippen LogP contribution in [0.5, 0.6) is 0 Å². The lowest BCUT2D eigenvalue weighted by atomic mass is 10.1. The highest BCUT2D eigenvalue weighted by Gasteiger charge is 2.32. The van der Waals surface area contributed by atoms with Gasteiger partial charge in [-0.3, -0.25) is 9.48 Å². The van der Waals surface area contributed by atoms with Crippen molar-refractivity contribution in [3.8, 4) is 11.3 Å². The predicted molar refractivity (Wildman–Crippen MR) is 102 cm³/mol. The van der Waals surface area contributed by atoms with Gasteiger partial charge in [0.1, 0.15) is 0 Å². The van der Waals surface area contributed by atoms with E-state index < -0.39 is 9.84 Å². The van der Waals surface area contributed by atoms with Gasteiger partial charge in [-0.25, -0.2) is 8.42 Å². The molecule has 1 atom stereocenters. The second kappa shape index (κ2) is 7.23. The first-order valence-corrected chi connectivity index (χ1v) is 10.8. The largest absolute Gasteiger partial charge is 0.338 e. The summed E-state index contributed by atoms with van der Waals surface area (Å²) < 4.78 is 25.6. The maximum Gasteiger partial charge on any atom is 0.274 e. The number of benzene rings is 1. The number of carbonyl (C=O) groups is 1. The molecule has 0 unspecified atom stereocenters. The summed E-state index contributed by atoms with van der Waals surface area (Å²) in [4.78, 5) is 14.5. The fraction of sp³-hybridized carbons (Fsp3) is 0.474. The van der Waals surface area contributed by atoms with Crippen molar-refractivity contribution in [2.75, 3.05) is 24.6 Å². The van der Waals surface area contributed by atoms with E-state index >= 15 is 0 Å². The van der Waals surface area contributed by atoms with E-state index in [1.165, 1.54) is 0 Å². The Morgan fingerprint density at radius 3 is 2.42 bits per heavy atom. The van der Waals surface area contributed by atoms with Crippen LogP contribution >= 0.6 is 0 Å². The summed E-state index contributed by atoms with van der Waals surface area (Å²) in [5, 5.41) is 4.53. The van der Waals surface area contributed by atoms with E-state index in [-0.39, 0.29) is 23.5 Å². The van der Waals surface area contributed by atoms with E-state index in [1.807, 2.05) is 45.0 Å². The van der Waals surface area contributed by atoms with Gasteiger partial charge in [0.2, 0.25) is 0 Å². The molecule has 0 N–H and O–H groups in total. The highest BCUT2D eigenvalue weighted by molar-refractivity contribution is 7.91. The molecule has 1 fully saturated rings. The minimum atomic E-state index is -3.04. The van der Waals surface area contributed by atoms with Crippen molar-refractivity contribution in [1.29, 1.82) is 0 Å². The molecule has 7 heteroatoms. The standard InChI is InChI=1S/C19H25N3O3S/c1-4-21(5-2)19(23)17-12-18(15-8-6-14(3)7-9-15)22(20-17)16-10-11-26(24,25)13-16/h6-9,12,16H,4-5,10-11,13H2,1-3H3/t16-/m1/s1. The molecule has 0 bridgehead atoms. The number of hydrogen-bond acceptors (Lipinski definition) is 4. The molecule has 3 rings (SSSR count). The summed E-state index contributed by atoms with van der Waals surface area (Å²) in [5.74, 6) is 0.124. The van der Waals surface area contributed by atoms with Crippen molar-refractivity contribution >= 4 is 15.7 Å². The summed E-state index contributed by atoms with van der Waals surface area (Å²) in [7, 11) is -3.04. The van der Waals surface area contributed by atoms with Crippen molar-refractivity contribution in [1.82, 2.24) is 14.7 Å². The van der Waals surface area contributed by atoms with Gasteiger partial charge in [0, 0.05) is 13.1 Å². The molecule has 1 aliphatic heterocycles. The van der Waals surface area contributed by atoms with Gasteiger partial charge in [-0.15, -0.1) is 0 Å². The molecule has 0 saturated carbocycles. The minimum absolute atomic E-state index is 0.0758. The average molecular weight is 375 g/mol. The second-order valence-corrected chi connectivity index (χ2v) is 8.99. The number of aromatic nitrogens is 2. The van der Waals surface area contributed by atoms with Gasteiger partial charge in [-0.05, 0) is 38.8 Å². The molecule has 26 heavy (non-hydrogen) atoms. The zero-order valence-electron chi connectivity index (χ0n) is 15.5. The molecule has 1 aromatic heterocycles. The number of nitrogens with zero attached hydrogens (tertiary/aromatic N) is 3. The minimum Gasteiger partial charge on any atom is -0.338 e. The number of sulfone groups is 1. The first-order chi connectivity index (χ1) is 12.3. The normalized spacial score (nSPS) is 18.8. The topological polar surface area (TPSA) is 72.3 Å². The van der Waals surface area contributed by atoms with Crippen LogP contribution in [-0.4, -0.2) is 53.6 Å². The van der Waals surface area contributed by atoms with Gasteiger partial charge >= 0.3 is 0 Å². The van der Waals surface area contributed by atoms with Gasteiger partial charge < -0.3 is 4.90 Å². The summed E-state index contributed by atoms with van der Waals surface area (Å²) in [6.07, 6.45) is 0.530. The Hall–Kier alpha value is -2.15. The molecule has 2 heterocycles. The number of carbonyl (C=O) groups excluding carboxylic acids is 1. The molecule has 1 aliphatic rings. The lowest BCUT2D eigenvalue weighted by Crippen LogP contribution is -2.31. The van der Waals surface area contributed by atoms with E-state index in [2.05, 4.69) is 5.10 Å². The third-order valence-corrected chi connectivity index (χ3v) is 6.66. The summed E-state index contributed by atoms with van der Waals surface area (Å²) in [5.41, 5.74) is 3.24. The van der Waals surface area contributed by atoms with Gasteiger partial charge in [-0.1, -0.05) is 29.8 Å². The first kappa shape index (κ1) is 18.6. The summed E-state index contributed by atoms with van der Waals surface area (Å²) >= 11 is 0. The number of rotatable bonds is 5. The zero-order valence-corrected chi connectivity index (χ0v) is 16.3. The molecule has 1 saturated heterocycles. The summed E-state index contributed by atoms with van der Waals surface area (Å²) in [6, 6.07) is 9.54. The van der Waals surface area contributed by atoms with E-state index in [1.54, 1.807) is 15.6 Å².